The third-order valence-corrected chi connectivity index (χ3v) is 16.0. The summed E-state index contributed by atoms with van der Waals surface area (Å²) in [5.41, 5.74) is 32.4. The van der Waals surface area contributed by atoms with Crippen LogP contribution in [0.4, 0.5) is 0 Å². The van der Waals surface area contributed by atoms with Crippen molar-refractivity contribution in [2.24, 2.45) is 0 Å². The molecule has 0 heterocycles. The average Bonchev–Trinajstić information content (AvgIpc) is 3.18. The molecular weight excluding hydrogens is 865 g/mol. The molecule has 0 aliphatic heterocycles. The molecule has 1 aliphatic carbocycles. The van der Waals surface area contributed by atoms with Gasteiger partial charge in [-0.2, -0.15) is 0 Å². The molecule has 72 heavy (non-hydrogen) atoms. The van der Waals surface area contributed by atoms with E-state index < -0.39 is 0 Å². The van der Waals surface area contributed by atoms with Crippen molar-refractivity contribution in [3.8, 4) is 66.8 Å². The van der Waals surface area contributed by atoms with E-state index in [1.807, 2.05) is 0 Å². The second kappa shape index (κ2) is 17.5. The van der Waals surface area contributed by atoms with Gasteiger partial charge in [0.05, 0.1) is 0 Å². The van der Waals surface area contributed by atoms with Gasteiger partial charge in [-0.25, -0.2) is 0 Å². The van der Waals surface area contributed by atoms with Gasteiger partial charge in [-0.05, 0) is 205 Å². The first-order chi connectivity index (χ1) is 32.5. The van der Waals surface area contributed by atoms with E-state index in [9.17, 15) is 0 Å². The predicted octanol–water partition coefficient (Wildman–Crippen LogP) is 21.6. The van der Waals surface area contributed by atoms with E-state index in [4.69, 9.17) is 0 Å². The van der Waals surface area contributed by atoms with Crippen molar-refractivity contribution in [1.29, 1.82) is 0 Å². The van der Waals surface area contributed by atoms with Crippen LogP contribution in [0.5, 0.6) is 0 Å². The second-order valence-corrected chi connectivity index (χ2v) is 30.7. The van der Waals surface area contributed by atoms with Gasteiger partial charge in [-0.3, -0.25) is 0 Å². The number of benzene rings is 6. The van der Waals surface area contributed by atoms with Crippen molar-refractivity contribution in [3.63, 3.8) is 0 Å². The molecule has 0 heteroatoms. The quantitative estimate of drug-likeness (QED) is 0.165. The number of hydrogen-bond donors (Lipinski definition) is 0. The van der Waals surface area contributed by atoms with Gasteiger partial charge in [0.15, 0.2) is 0 Å². The molecular formula is C72H96. The van der Waals surface area contributed by atoms with E-state index in [0.717, 1.165) is 0 Å². The monoisotopic (exact) mass is 961 g/mol. The first kappa shape index (κ1) is 55.1. The number of aryl methyl sites for hydroxylation is 4. The Morgan fingerprint density at radius 1 is 0.208 bits per heavy atom. The molecule has 0 atom stereocenters. The third-order valence-electron chi connectivity index (χ3n) is 16.0. The summed E-state index contributed by atoms with van der Waals surface area (Å²) in [6, 6.07) is 30.0. The lowest BCUT2D eigenvalue weighted by Gasteiger charge is -2.41. The van der Waals surface area contributed by atoms with Gasteiger partial charge >= 0.3 is 0 Å². The second-order valence-electron chi connectivity index (χ2n) is 30.7. The first-order valence-corrected chi connectivity index (χ1v) is 27.4. The maximum absolute atomic E-state index is 2.60. The summed E-state index contributed by atoms with van der Waals surface area (Å²) in [7, 11) is 0. The van der Waals surface area contributed by atoms with Gasteiger partial charge < -0.3 is 0 Å². The van der Waals surface area contributed by atoms with Gasteiger partial charge in [-0.1, -0.05) is 239 Å². The molecule has 0 nitrogen and oxygen atoms in total. The molecule has 0 amide bonds. The fourth-order valence-electron chi connectivity index (χ4n) is 11.7. The molecule has 0 radical (unpaired) electrons. The fraction of sp³-hybridized carbons (Fsp3) is 0.500. The SMILES string of the molecule is Cc1cc(C(C)(C)C)cc(C(C)(C)C)c1-c1c2c(c(-c3c(C)cc(C(C)(C)C)cc3C(C)(C)C)c(-c3c(C)cc(C(C)(C)C)cc3C(C)(C)C)c1-c1c(C)cc(C(C)(C)C)cc1C(C)(C)C)-c1ccccc1-2. The summed E-state index contributed by atoms with van der Waals surface area (Å²) >= 11 is 0. The number of fused-ring (bicyclic) bond motifs is 4. The van der Waals surface area contributed by atoms with Crippen LogP contribution in [-0.2, 0) is 43.3 Å². The third kappa shape index (κ3) is 9.77. The molecule has 6 aromatic rings. The summed E-state index contributed by atoms with van der Waals surface area (Å²) in [6.07, 6.45) is 0. The van der Waals surface area contributed by atoms with Crippen LogP contribution >= 0.6 is 0 Å². The fourth-order valence-corrected chi connectivity index (χ4v) is 11.7. The Balaban J connectivity index is 2.02. The van der Waals surface area contributed by atoms with Crippen molar-refractivity contribution in [2.45, 2.75) is 237 Å². The normalized spacial score (nSPS) is 13.8. The largest absolute Gasteiger partial charge is 0.0616 e. The average molecular weight is 962 g/mol. The van der Waals surface area contributed by atoms with Crippen LogP contribution in [0.25, 0.3) is 66.8 Å². The smallest absolute Gasteiger partial charge is 0.000719 e. The highest BCUT2D eigenvalue weighted by atomic mass is 14.5. The predicted molar refractivity (Wildman–Crippen MR) is 321 cm³/mol. The molecule has 0 unspecified atom stereocenters. The lowest BCUT2D eigenvalue weighted by molar-refractivity contribution is 0.567. The van der Waals surface area contributed by atoms with Gasteiger partial charge in [0.25, 0.3) is 0 Å². The van der Waals surface area contributed by atoms with Gasteiger partial charge in [-0.15, -0.1) is 0 Å². The van der Waals surface area contributed by atoms with Crippen molar-refractivity contribution in [2.75, 3.05) is 0 Å². The zero-order valence-corrected chi connectivity index (χ0v) is 50.9. The highest BCUT2D eigenvalue weighted by Crippen LogP contribution is 2.66. The van der Waals surface area contributed by atoms with Crippen molar-refractivity contribution >= 4 is 0 Å². The molecule has 0 bridgehead atoms. The molecule has 384 valence electrons. The summed E-state index contributed by atoms with van der Waals surface area (Å²) in [5.74, 6) is 0. The molecule has 0 saturated heterocycles. The van der Waals surface area contributed by atoms with Crippen LogP contribution in [-0.4, -0.2) is 0 Å². The molecule has 1 aliphatic rings. The van der Waals surface area contributed by atoms with Crippen molar-refractivity contribution in [1.82, 2.24) is 0 Å². The molecule has 0 saturated carbocycles. The first-order valence-electron chi connectivity index (χ1n) is 27.4. The van der Waals surface area contributed by atoms with E-state index in [2.05, 4.69) is 267 Å². The lowest BCUT2D eigenvalue weighted by atomic mass is 9.62. The van der Waals surface area contributed by atoms with Gasteiger partial charge in [0.1, 0.15) is 0 Å². The summed E-state index contributed by atoms with van der Waals surface area (Å²) in [4.78, 5) is 0. The zero-order chi connectivity index (χ0) is 54.3. The van der Waals surface area contributed by atoms with Crippen LogP contribution in [0.1, 0.15) is 233 Å². The summed E-state index contributed by atoms with van der Waals surface area (Å²) in [5, 5.41) is 0. The Hall–Kier alpha value is -4.68. The zero-order valence-electron chi connectivity index (χ0n) is 50.9. The molecule has 6 aromatic carbocycles. The Bertz CT molecular complexity index is 2920. The Morgan fingerprint density at radius 2 is 0.389 bits per heavy atom. The highest BCUT2D eigenvalue weighted by molar-refractivity contribution is 6.23. The van der Waals surface area contributed by atoms with E-state index in [1.54, 1.807) is 0 Å². The maximum atomic E-state index is 2.60. The van der Waals surface area contributed by atoms with Crippen LogP contribution in [0.3, 0.4) is 0 Å². The van der Waals surface area contributed by atoms with E-state index in [1.165, 1.54) is 134 Å². The van der Waals surface area contributed by atoms with Crippen LogP contribution in [0.15, 0.2) is 72.8 Å². The minimum Gasteiger partial charge on any atom is -0.0616 e. The van der Waals surface area contributed by atoms with Crippen LogP contribution in [0, 0.1) is 27.7 Å². The van der Waals surface area contributed by atoms with Crippen molar-refractivity contribution < 1.29 is 0 Å². The summed E-state index contributed by atoms with van der Waals surface area (Å²) < 4.78 is 0. The Morgan fingerprint density at radius 3 is 0.556 bits per heavy atom. The van der Waals surface area contributed by atoms with Gasteiger partial charge in [0, 0.05) is 0 Å². The minimum atomic E-state index is -0.187. The van der Waals surface area contributed by atoms with E-state index >= 15 is 0 Å². The summed E-state index contributed by atoms with van der Waals surface area (Å²) in [6.45, 7) is 67.7. The van der Waals surface area contributed by atoms with E-state index in [-0.39, 0.29) is 43.3 Å². The standard InChI is InChI=1S/C72H96/c1-41-33-45(65(5,6)7)37-51(69(17,18)19)55(41)61-59-49-31-29-30-32-50(49)60(59)62(56-42(2)34-46(66(8,9)10)38-52(56)70(20,21)22)64(58-44(4)36-48(68(14,15)16)40-54(58)72(26,27)28)63(61)57-43(3)35-47(67(11,12)13)39-53(57)71(23,24)25/h29-40H,1-28H3. The van der Waals surface area contributed by atoms with Crippen LogP contribution < -0.4 is 0 Å². The topological polar surface area (TPSA) is 0 Å². The van der Waals surface area contributed by atoms with Gasteiger partial charge in [0.2, 0.25) is 0 Å². The Kier molecular flexibility index (Phi) is 13.4. The minimum absolute atomic E-state index is 0.0226. The number of hydrogen-bond acceptors (Lipinski definition) is 0. The lowest BCUT2D eigenvalue weighted by Crippen LogP contribution is -2.23. The van der Waals surface area contributed by atoms with Crippen molar-refractivity contribution in [3.05, 3.63) is 140 Å². The molecule has 0 fully saturated rings. The van der Waals surface area contributed by atoms with Crippen LogP contribution in [0.2, 0.25) is 0 Å². The molecule has 0 N–H and O–H groups in total. The molecule has 0 spiro atoms. The Labute approximate surface area is 441 Å². The molecule has 7 rings (SSSR count). The molecule has 0 aromatic heterocycles. The van der Waals surface area contributed by atoms with E-state index in [0.29, 0.717) is 0 Å². The number of rotatable bonds is 4. The highest BCUT2D eigenvalue weighted by Gasteiger charge is 2.42. The maximum Gasteiger partial charge on any atom is -0.000719 e.